The van der Waals surface area contributed by atoms with Crippen molar-refractivity contribution in [3.63, 3.8) is 0 Å². The average Bonchev–Trinajstić information content (AvgIpc) is 4.40. The molecule has 3 amide bonds. The first kappa shape index (κ1) is 61.7. The molecule has 3 saturated heterocycles. The van der Waals surface area contributed by atoms with Gasteiger partial charge in [0.2, 0.25) is 5.91 Å². The maximum Gasteiger partial charge on any atom is 0.258 e. The summed E-state index contributed by atoms with van der Waals surface area (Å²) in [7, 11) is 6.39. The maximum absolute atomic E-state index is 14.9. The van der Waals surface area contributed by atoms with E-state index in [1.54, 1.807) is 45.9 Å². The SMILES string of the molecule is C.C.COCCOc1ccc(-c2n[nH]c3ccc(NC(=O)[C@]4(OC)CCN(CC(=O)N5CCN(c6ccc(-c7ncccn7)c(F)c6)CC5)C4)cc23)cc1.COCCOc1ccc(-c2n[nH]c3ccc(NC(=O)[C@]4(OC)CCNC4)cc23)cc1. The fraction of sp³-hybridized carbons (Fsp3) is 0.371. The molecule has 0 spiro atoms. The second-order valence-corrected chi connectivity index (χ2v) is 20.2. The van der Waals surface area contributed by atoms with Gasteiger partial charge in [-0.15, -0.1) is 0 Å². The third-order valence-electron chi connectivity index (χ3n) is 15.2. The summed E-state index contributed by atoms with van der Waals surface area (Å²) in [4.78, 5) is 54.1. The highest BCUT2D eigenvalue weighted by molar-refractivity contribution is 6.03. The van der Waals surface area contributed by atoms with E-state index in [0.717, 1.165) is 68.1 Å². The number of fused-ring (bicyclic) bond motifs is 2. The van der Waals surface area contributed by atoms with Gasteiger partial charge >= 0.3 is 0 Å². The van der Waals surface area contributed by atoms with Crippen LogP contribution in [-0.4, -0.2) is 183 Å². The zero-order valence-corrected chi connectivity index (χ0v) is 46.3. The highest BCUT2D eigenvalue weighted by Gasteiger charge is 2.46. The number of nitrogens with zero attached hydrogens (tertiary/aromatic N) is 7. The van der Waals surface area contributed by atoms with Crippen molar-refractivity contribution in [2.24, 2.45) is 0 Å². The van der Waals surface area contributed by atoms with Crippen LogP contribution in [0.1, 0.15) is 27.7 Å². The van der Waals surface area contributed by atoms with E-state index in [-0.39, 0.29) is 51.5 Å². The molecule has 0 bridgehead atoms. The van der Waals surface area contributed by atoms with Crippen molar-refractivity contribution in [3.05, 3.63) is 127 Å². The number of carbonyl (C=O) groups is 3. The van der Waals surface area contributed by atoms with E-state index >= 15 is 0 Å². The largest absolute Gasteiger partial charge is 0.491 e. The van der Waals surface area contributed by atoms with Gasteiger partial charge in [-0.3, -0.25) is 29.5 Å². The van der Waals surface area contributed by atoms with Crippen LogP contribution in [0.15, 0.2) is 122 Å². The smallest absolute Gasteiger partial charge is 0.258 e. The molecule has 3 fully saturated rings. The summed E-state index contributed by atoms with van der Waals surface area (Å²) in [6.45, 7) is 6.47. The molecule has 8 aromatic rings. The number of anilines is 3. The van der Waals surface area contributed by atoms with Crippen LogP contribution in [0, 0.1) is 5.82 Å². The first-order valence-corrected chi connectivity index (χ1v) is 27.2. The number of nitrogens with one attached hydrogen (secondary N) is 5. The molecule has 5 N–H and O–H groups in total. The van der Waals surface area contributed by atoms with Crippen LogP contribution in [0.5, 0.6) is 11.5 Å². The number of aromatic nitrogens is 6. The van der Waals surface area contributed by atoms with Crippen molar-refractivity contribution in [3.8, 4) is 45.4 Å². The molecule has 444 valence electrons. The molecule has 5 aromatic carbocycles. The van der Waals surface area contributed by atoms with Crippen molar-refractivity contribution in [2.75, 3.05) is 129 Å². The number of amides is 3. The van der Waals surface area contributed by atoms with Crippen LogP contribution in [-0.2, 0) is 33.3 Å². The van der Waals surface area contributed by atoms with E-state index in [2.05, 4.69) is 51.2 Å². The standard InChI is InChI=1S/C38H41FN8O5.C22H26N4O4.2CH4/c1-50-20-21-52-29-8-4-26(5-9-29)35-31-22-27(6-11-33(31)43-44-35)42-37(49)38(51-2)12-15-45(25-38)24-34(48)47-18-16-46(17-19-47)28-7-10-30(32(39)23-28)36-40-13-3-14-41-36;1-28-11-12-30-17-6-3-15(4-7-17)20-18-13-16(5-8-19(18)25-26-20)24-21(27)22(29-2)9-10-23-14-22;;/h3-11,13-14,22-23H,12,15-21,24-25H2,1-2H3,(H,42,49)(H,43,44);3-8,13,23H,9-12,14H2,1-2H3,(H,24,27)(H,25,26);2*1H4/t38-;22-;;/m00../s1. The first-order valence-electron chi connectivity index (χ1n) is 27.2. The fourth-order valence-electron chi connectivity index (χ4n) is 10.4. The van der Waals surface area contributed by atoms with Crippen LogP contribution in [0.25, 0.3) is 55.7 Å². The number of hydrogen-bond acceptors (Lipinski definition) is 16. The quantitative estimate of drug-likeness (QED) is 0.0454. The Morgan fingerprint density at radius 2 is 1.18 bits per heavy atom. The molecule has 84 heavy (non-hydrogen) atoms. The predicted octanol–water partition coefficient (Wildman–Crippen LogP) is 8.07. The summed E-state index contributed by atoms with van der Waals surface area (Å²) in [6, 6.07) is 33.5. The number of carbonyl (C=O) groups excluding carboxylic acids is 3. The zero-order valence-electron chi connectivity index (χ0n) is 46.3. The van der Waals surface area contributed by atoms with Crippen molar-refractivity contribution in [1.29, 1.82) is 0 Å². The van der Waals surface area contributed by atoms with Gasteiger partial charge in [0, 0.05) is 126 Å². The molecule has 3 aliphatic rings. The number of piperazine rings is 1. The summed E-state index contributed by atoms with van der Waals surface area (Å²) in [5.74, 6) is 1.05. The number of H-pyrrole nitrogens is 2. The van der Waals surface area contributed by atoms with E-state index in [0.29, 0.717) is 101 Å². The van der Waals surface area contributed by atoms with Crippen molar-refractivity contribution < 1.29 is 47.2 Å². The van der Waals surface area contributed by atoms with Gasteiger partial charge in [0.05, 0.1) is 47.7 Å². The molecular weight excluding hydrogens is 1080 g/mol. The third kappa shape index (κ3) is 14.0. The number of halogens is 1. The molecule has 21 nitrogen and oxygen atoms in total. The Labute approximate surface area is 488 Å². The minimum Gasteiger partial charge on any atom is -0.491 e. The molecule has 0 unspecified atom stereocenters. The molecule has 2 atom stereocenters. The molecular formula is C62H75FN12O9. The summed E-state index contributed by atoms with van der Waals surface area (Å²) >= 11 is 0. The second kappa shape index (κ2) is 28.3. The number of methoxy groups -OCH3 is 4. The molecule has 3 aromatic heterocycles. The lowest BCUT2D eigenvalue weighted by molar-refractivity contribution is -0.138. The molecule has 0 radical (unpaired) electrons. The lowest BCUT2D eigenvalue weighted by atomic mass is 10.0. The van der Waals surface area contributed by atoms with Gasteiger partial charge in [-0.2, -0.15) is 10.2 Å². The Morgan fingerprint density at radius 1 is 0.631 bits per heavy atom. The van der Waals surface area contributed by atoms with Crippen LogP contribution in [0.4, 0.5) is 21.5 Å². The van der Waals surface area contributed by atoms with Gasteiger partial charge in [0.25, 0.3) is 11.8 Å². The van der Waals surface area contributed by atoms with E-state index in [1.807, 2.05) is 101 Å². The predicted molar refractivity (Wildman–Crippen MR) is 323 cm³/mol. The Balaban J connectivity index is 0.000000245. The van der Waals surface area contributed by atoms with Gasteiger partial charge in [0.15, 0.2) is 17.0 Å². The van der Waals surface area contributed by atoms with E-state index < -0.39 is 11.2 Å². The minimum atomic E-state index is -1.10. The van der Waals surface area contributed by atoms with Gasteiger partial charge in [0.1, 0.15) is 30.5 Å². The number of aromatic amines is 2. The average molecular weight is 1150 g/mol. The Morgan fingerprint density at radius 3 is 1.68 bits per heavy atom. The van der Waals surface area contributed by atoms with Crippen molar-refractivity contribution in [1.82, 2.24) is 45.5 Å². The fourth-order valence-corrected chi connectivity index (χ4v) is 10.4. The monoisotopic (exact) mass is 1150 g/mol. The highest BCUT2D eigenvalue weighted by atomic mass is 19.1. The number of hydrogen-bond donors (Lipinski definition) is 5. The van der Waals surface area contributed by atoms with Crippen LogP contribution in [0.3, 0.4) is 0 Å². The molecule has 0 saturated carbocycles. The van der Waals surface area contributed by atoms with Crippen LogP contribution in [0.2, 0.25) is 0 Å². The van der Waals surface area contributed by atoms with Crippen LogP contribution >= 0.6 is 0 Å². The summed E-state index contributed by atoms with van der Waals surface area (Å²) in [5.41, 5.74) is 5.65. The van der Waals surface area contributed by atoms with Crippen molar-refractivity contribution >= 4 is 56.6 Å². The zero-order chi connectivity index (χ0) is 57.1. The van der Waals surface area contributed by atoms with Gasteiger partial charge in [-0.05, 0) is 129 Å². The number of likely N-dealkylation sites (tertiary alicyclic amines) is 1. The Bertz CT molecular complexity index is 3460. The maximum atomic E-state index is 14.9. The number of benzene rings is 5. The normalized spacial score (nSPS) is 17.7. The lowest BCUT2D eigenvalue weighted by Gasteiger charge is -2.37. The number of ether oxygens (including phenoxy) is 6. The summed E-state index contributed by atoms with van der Waals surface area (Å²) in [6.07, 6.45) is 4.26. The highest BCUT2D eigenvalue weighted by Crippen LogP contribution is 2.34. The first-order chi connectivity index (χ1) is 40.0. The van der Waals surface area contributed by atoms with E-state index in [4.69, 9.17) is 28.4 Å². The minimum absolute atomic E-state index is 0. The van der Waals surface area contributed by atoms with Gasteiger partial charge < -0.3 is 54.2 Å². The summed E-state index contributed by atoms with van der Waals surface area (Å²) in [5, 5.41) is 26.1. The second-order valence-electron chi connectivity index (χ2n) is 20.2. The molecule has 0 aliphatic carbocycles. The lowest BCUT2D eigenvalue weighted by Crippen LogP contribution is -2.52. The van der Waals surface area contributed by atoms with Crippen molar-refractivity contribution in [2.45, 2.75) is 38.9 Å². The van der Waals surface area contributed by atoms with E-state index in [9.17, 15) is 18.8 Å². The molecule has 22 heteroatoms. The molecule has 6 heterocycles. The van der Waals surface area contributed by atoms with Gasteiger partial charge in [-0.1, -0.05) is 14.9 Å². The van der Waals surface area contributed by atoms with Gasteiger partial charge in [-0.25, -0.2) is 14.4 Å². The topological polar surface area (TPSA) is 236 Å². The summed E-state index contributed by atoms with van der Waals surface area (Å²) < 4.78 is 47.7. The Hall–Kier alpha value is -8.38. The third-order valence-corrected chi connectivity index (χ3v) is 15.2. The van der Waals surface area contributed by atoms with Crippen LogP contribution < -0.4 is 30.3 Å². The van der Waals surface area contributed by atoms with E-state index in [1.165, 1.54) is 13.2 Å². The number of rotatable bonds is 20. The molecule has 3 aliphatic heterocycles. The molecule has 11 rings (SSSR count). The Kier molecular flexibility index (Phi) is 20.8.